The van der Waals surface area contributed by atoms with Crippen LogP contribution < -0.4 is 10.2 Å². The molecule has 0 saturated heterocycles. The van der Waals surface area contributed by atoms with E-state index in [9.17, 15) is 4.39 Å². The highest BCUT2D eigenvalue weighted by molar-refractivity contribution is 5.47. The van der Waals surface area contributed by atoms with Gasteiger partial charge in [0.1, 0.15) is 5.82 Å². The zero-order chi connectivity index (χ0) is 13.4. The molecule has 0 saturated carbocycles. The van der Waals surface area contributed by atoms with Crippen molar-refractivity contribution in [2.24, 2.45) is 0 Å². The van der Waals surface area contributed by atoms with Crippen LogP contribution in [0, 0.1) is 5.82 Å². The van der Waals surface area contributed by atoms with Crippen molar-refractivity contribution < 1.29 is 4.39 Å². The van der Waals surface area contributed by atoms with Crippen molar-refractivity contribution in [1.29, 1.82) is 0 Å². The van der Waals surface area contributed by atoms with E-state index < -0.39 is 0 Å². The second kappa shape index (κ2) is 7.88. The van der Waals surface area contributed by atoms with Crippen molar-refractivity contribution in [2.45, 2.75) is 20.3 Å². The van der Waals surface area contributed by atoms with Gasteiger partial charge in [-0.05, 0) is 43.7 Å². The van der Waals surface area contributed by atoms with Crippen LogP contribution in [0.5, 0.6) is 0 Å². The number of halogens is 1. The first-order chi connectivity index (χ1) is 8.67. The Kier molecular flexibility index (Phi) is 6.44. The molecule has 0 aliphatic rings. The normalized spacial score (nSPS) is 10.4. The number of likely N-dealkylation sites (N-methyl/N-ethyl adjacent to an activating group) is 1. The Bertz CT molecular complexity index is 377. The van der Waals surface area contributed by atoms with Crippen molar-refractivity contribution in [3.63, 3.8) is 0 Å². The van der Waals surface area contributed by atoms with Crippen LogP contribution in [0.25, 0.3) is 0 Å². The molecule has 2 nitrogen and oxygen atoms in total. The molecule has 0 spiro atoms. The van der Waals surface area contributed by atoms with Crippen LogP contribution in [0.15, 0.2) is 36.4 Å². The molecule has 0 unspecified atom stereocenters. The molecule has 1 aromatic rings. The first-order valence-corrected chi connectivity index (χ1v) is 6.55. The lowest BCUT2D eigenvalue weighted by Gasteiger charge is -2.24. The minimum absolute atomic E-state index is 0.194. The molecule has 0 heterocycles. The molecular weight excluding hydrogens is 227 g/mol. The number of hydrogen-bond donors (Lipinski definition) is 1. The summed E-state index contributed by atoms with van der Waals surface area (Å²) in [5, 5.41) is 3.33. The van der Waals surface area contributed by atoms with Crippen LogP contribution in [0.3, 0.4) is 0 Å². The molecule has 0 bridgehead atoms. The summed E-state index contributed by atoms with van der Waals surface area (Å²) >= 11 is 0. The molecule has 0 aliphatic carbocycles. The van der Waals surface area contributed by atoms with Crippen LogP contribution in [-0.4, -0.2) is 26.2 Å². The standard InChI is InChI=1S/C15H23FN2/c1-4-9-17-11-13(3)12-18(5-2)15-8-6-7-14(16)10-15/h6-8,10,17H,3-5,9,11-12H2,1-2H3. The van der Waals surface area contributed by atoms with Crippen LogP contribution in [0.2, 0.25) is 0 Å². The van der Waals surface area contributed by atoms with Gasteiger partial charge >= 0.3 is 0 Å². The Morgan fingerprint density at radius 2 is 2.17 bits per heavy atom. The SMILES string of the molecule is C=C(CNCCC)CN(CC)c1cccc(F)c1. The second-order valence-electron chi connectivity index (χ2n) is 4.42. The molecule has 0 atom stereocenters. The van der Waals surface area contributed by atoms with Crippen molar-refractivity contribution >= 4 is 5.69 Å². The molecule has 0 aromatic heterocycles. The minimum atomic E-state index is -0.194. The maximum atomic E-state index is 13.2. The van der Waals surface area contributed by atoms with E-state index in [4.69, 9.17) is 0 Å². The monoisotopic (exact) mass is 250 g/mol. The zero-order valence-electron chi connectivity index (χ0n) is 11.4. The van der Waals surface area contributed by atoms with Gasteiger partial charge in [-0.3, -0.25) is 0 Å². The smallest absolute Gasteiger partial charge is 0.125 e. The number of benzene rings is 1. The predicted molar refractivity (Wildman–Crippen MR) is 76.6 cm³/mol. The summed E-state index contributed by atoms with van der Waals surface area (Å²) < 4.78 is 13.2. The highest BCUT2D eigenvalue weighted by Gasteiger charge is 2.06. The van der Waals surface area contributed by atoms with E-state index in [1.807, 2.05) is 6.07 Å². The molecule has 0 fully saturated rings. The van der Waals surface area contributed by atoms with Crippen LogP contribution >= 0.6 is 0 Å². The van der Waals surface area contributed by atoms with Gasteiger partial charge in [-0.2, -0.15) is 0 Å². The third-order valence-corrected chi connectivity index (χ3v) is 2.77. The third kappa shape index (κ3) is 4.88. The van der Waals surface area contributed by atoms with Gasteiger partial charge in [0.15, 0.2) is 0 Å². The first kappa shape index (κ1) is 14.7. The van der Waals surface area contributed by atoms with E-state index in [0.717, 1.165) is 43.9 Å². The Morgan fingerprint density at radius 3 is 2.78 bits per heavy atom. The first-order valence-electron chi connectivity index (χ1n) is 6.55. The topological polar surface area (TPSA) is 15.3 Å². The highest BCUT2D eigenvalue weighted by Crippen LogP contribution is 2.16. The van der Waals surface area contributed by atoms with Gasteiger partial charge in [-0.15, -0.1) is 0 Å². The van der Waals surface area contributed by atoms with Crippen LogP contribution in [0.4, 0.5) is 10.1 Å². The van der Waals surface area contributed by atoms with Gasteiger partial charge in [0, 0.05) is 25.3 Å². The number of hydrogen-bond acceptors (Lipinski definition) is 2. The van der Waals surface area contributed by atoms with Gasteiger partial charge in [-0.25, -0.2) is 4.39 Å². The quantitative estimate of drug-likeness (QED) is 0.563. The summed E-state index contributed by atoms with van der Waals surface area (Å²) in [7, 11) is 0. The summed E-state index contributed by atoms with van der Waals surface area (Å²) in [6.45, 7) is 11.7. The summed E-state index contributed by atoms with van der Waals surface area (Å²) in [6, 6.07) is 6.70. The Labute approximate surface area is 110 Å². The van der Waals surface area contributed by atoms with E-state index in [1.165, 1.54) is 6.07 Å². The number of anilines is 1. The Hall–Kier alpha value is -1.35. The lowest BCUT2D eigenvalue weighted by atomic mass is 10.2. The van der Waals surface area contributed by atoms with Crippen LogP contribution in [0.1, 0.15) is 20.3 Å². The maximum Gasteiger partial charge on any atom is 0.125 e. The van der Waals surface area contributed by atoms with Gasteiger partial charge in [0.05, 0.1) is 0 Å². The van der Waals surface area contributed by atoms with Crippen molar-refractivity contribution in [3.8, 4) is 0 Å². The van der Waals surface area contributed by atoms with E-state index in [2.05, 4.69) is 30.6 Å². The molecule has 0 aliphatic heterocycles. The van der Waals surface area contributed by atoms with E-state index in [1.54, 1.807) is 12.1 Å². The number of nitrogens with zero attached hydrogens (tertiary/aromatic N) is 1. The molecule has 0 amide bonds. The number of nitrogens with one attached hydrogen (secondary N) is 1. The number of rotatable bonds is 8. The lowest BCUT2D eigenvalue weighted by molar-refractivity contribution is 0.626. The minimum Gasteiger partial charge on any atom is -0.368 e. The van der Waals surface area contributed by atoms with E-state index in [-0.39, 0.29) is 5.82 Å². The predicted octanol–water partition coefficient (Wildman–Crippen LogP) is 3.21. The fourth-order valence-corrected chi connectivity index (χ4v) is 1.83. The Balaban J connectivity index is 2.54. The average Bonchev–Trinajstić information content (AvgIpc) is 2.36. The van der Waals surface area contributed by atoms with Gasteiger partial charge in [0.2, 0.25) is 0 Å². The fourth-order valence-electron chi connectivity index (χ4n) is 1.83. The van der Waals surface area contributed by atoms with Gasteiger partial charge in [-0.1, -0.05) is 19.6 Å². The van der Waals surface area contributed by atoms with Crippen molar-refractivity contribution in [2.75, 3.05) is 31.1 Å². The Morgan fingerprint density at radius 1 is 1.39 bits per heavy atom. The molecular formula is C15H23FN2. The summed E-state index contributed by atoms with van der Waals surface area (Å²) in [6.07, 6.45) is 1.12. The third-order valence-electron chi connectivity index (χ3n) is 2.77. The average molecular weight is 250 g/mol. The van der Waals surface area contributed by atoms with E-state index >= 15 is 0 Å². The lowest BCUT2D eigenvalue weighted by Crippen LogP contribution is -2.29. The van der Waals surface area contributed by atoms with Gasteiger partial charge in [0.25, 0.3) is 0 Å². The molecule has 1 N–H and O–H groups in total. The molecule has 0 radical (unpaired) electrons. The molecule has 3 heteroatoms. The van der Waals surface area contributed by atoms with Gasteiger partial charge < -0.3 is 10.2 Å². The van der Waals surface area contributed by atoms with Crippen molar-refractivity contribution in [3.05, 3.63) is 42.2 Å². The zero-order valence-corrected chi connectivity index (χ0v) is 11.4. The molecule has 1 aromatic carbocycles. The second-order valence-corrected chi connectivity index (χ2v) is 4.42. The van der Waals surface area contributed by atoms with Crippen LogP contribution in [-0.2, 0) is 0 Å². The van der Waals surface area contributed by atoms with Crippen molar-refractivity contribution in [1.82, 2.24) is 5.32 Å². The fraction of sp³-hybridized carbons (Fsp3) is 0.467. The molecule has 18 heavy (non-hydrogen) atoms. The molecule has 100 valence electrons. The highest BCUT2D eigenvalue weighted by atomic mass is 19.1. The summed E-state index contributed by atoms with van der Waals surface area (Å²) in [5.41, 5.74) is 2.03. The van der Waals surface area contributed by atoms with E-state index in [0.29, 0.717) is 0 Å². The largest absolute Gasteiger partial charge is 0.368 e. The maximum absolute atomic E-state index is 13.2. The summed E-state index contributed by atoms with van der Waals surface area (Å²) in [5.74, 6) is -0.194. The molecule has 1 rings (SSSR count). The summed E-state index contributed by atoms with van der Waals surface area (Å²) in [4.78, 5) is 2.12.